The molecular weight excluding hydrogens is 312 g/mol. The standard InChI is InChI=1S/C21H24N2O2/c1-16(21(25)22-15-14-17-8-3-2-4-9-17)23-19-12-6-5-10-18(19)11-7-13-20(23)24/h2-6,8-10,12,16H,7,11,13-15H2,1H3,(H,22,25)/t16-/m0/s1. The van der Waals surface area contributed by atoms with Crippen LogP contribution >= 0.6 is 0 Å². The van der Waals surface area contributed by atoms with Crippen molar-refractivity contribution in [3.63, 3.8) is 0 Å². The molecule has 0 saturated carbocycles. The van der Waals surface area contributed by atoms with Crippen molar-refractivity contribution in [2.24, 2.45) is 0 Å². The Morgan fingerprint density at radius 1 is 1.08 bits per heavy atom. The third kappa shape index (κ3) is 4.08. The van der Waals surface area contributed by atoms with E-state index in [4.69, 9.17) is 0 Å². The smallest absolute Gasteiger partial charge is 0.242 e. The summed E-state index contributed by atoms with van der Waals surface area (Å²) < 4.78 is 0. The summed E-state index contributed by atoms with van der Waals surface area (Å²) in [5.41, 5.74) is 3.19. The van der Waals surface area contributed by atoms with Gasteiger partial charge in [-0.25, -0.2) is 0 Å². The van der Waals surface area contributed by atoms with Gasteiger partial charge in [0.25, 0.3) is 0 Å². The molecule has 1 atom stereocenters. The van der Waals surface area contributed by atoms with E-state index in [2.05, 4.69) is 5.32 Å². The van der Waals surface area contributed by atoms with Crippen LogP contribution in [0.5, 0.6) is 0 Å². The summed E-state index contributed by atoms with van der Waals surface area (Å²) >= 11 is 0. The minimum Gasteiger partial charge on any atom is -0.354 e. The van der Waals surface area contributed by atoms with Gasteiger partial charge in [-0.2, -0.15) is 0 Å². The van der Waals surface area contributed by atoms with E-state index in [-0.39, 0.29) is 11.8 Å². The van der Waals surface area contributed by atoms with E-state index in [0.29, 0.717) is 13.0 Å². The van der Waals surface area contributed by atoms with Crippen molar-refractivity contribution < 1.29 is 9.59 Å². The molecule has 0 aromatic heterocycles. The number of hydrogen-bond acceptors (Lipinski definition) is 2. The highest BCUT2D eigenvalue weighted by Crippen LogP contribution is 2.28. The van der Waals surface area contributed by atoms with Crippen molar-refractivity contribution in [2.75, 3.05) is 11.4 Å². The Hall–Kier alpha value is -2.62. The maximum Gasteiger partial charge on any atom is 0.242 e. The molecular formula is C21H24N2O2. The first kappa shape index (κ1) is 17.2. The monoisotopic (exact) mass is 336 g/mol. The topological polar surface area (TPSA) is 49.4 Å². The molecule has 3 rings (SSSR count). The van der Waals surface area contributed by atoms with Gasteiger partial charge in [0.15, 0.2) is 0 Å². The number of rotatable bonds is 5. The van der Waals surface area contributed by atoms with E-state index in [9.17, 15) is 9.59 Å². The normalized spacial score (nSPS) is 15.2. The van der Waals surface area contributed by atoms with E-state index >= 15 is 0 Å². The van der Waals surface area contributed by atoms with Crippen LogP contribution in [-0.4, -0.2) is 24.4 Å². The van der Waals surface area contributed by atoms with E-state index < -0.39 is 6.04 Å². The zero-order valence-corrected chi connectivity index (χ0v) is 14.6. The molecule has 1 heterocycles. The molecule has 1 N–H and O–H groups in total. The van der Waals surface area contributed by atoms with Gasteiger partial charge in [0.2, 0.25) is 11.8 Å². The number of fused-ring (bicyclic) bond motifs is 1. The van der Waals surface area contributed by atoms with Crippen LogP contribution in [-0.2, 0) is 22.4 Å². The highest BCUT2D eigenvalue weighted by molar-refractivity contribution is 6.01. The van der Waals surface area contributed by atoms with E-state index in [0.717, 1.165) is 30.5 Å². The fourth-order valence-corrected chi connectivity index (χ4v) is 3.31. The summed E-state index contributed by atoms with van der Waals surface area (Å²) in [6.07, 6.45) is 2.97. The van der Waals surface area contributed by atoms with Gasteiger partial charge >= 0.3 is 0 Å². The second-order valence-corrected chi connectivity index (χ2v) is 6.45. The summed E-state index contributed by atoms with van der Waals surface area (Å²) in [7, 11) is 0. The number of nitrogens with zero attached hydrogens (tertiary/aromatic N) is 1. The first-order valence-electron chi connectivity index (χ1n) is 8.88. The molecule has 2 aromatic carbocycles. The number of para-hydroxylation sites is 1. The number of anilines is 1. The van der Waals surface area contributed by atoms with Crippen LogP contribution in [0.4, 0.5) is 5.69 Å². The van der Waals surface area contributed by atoms with Gasteiger partial charge < -0.3 is 5.32 Å². The summed E-state index contributed by atoms with van der Waals surface area (Å²) in [5.74, 6) is -0.0864. The first-order valence-corrected chi connectivity index (χ1v) is 8.88. The predicted molar refractivity (Wildman–Crippen MR) is 99.5 cm³/mol. The van der Waals surface area contributed by atoms with Crippen LogP contribution < -0.4 is 10.2 Å². The van der Waals surface area contributed by atoms with Gasteiger partial charge in [-0.15, -0.1) is 0 Å². The van der Waals surface area contributed by atoms with Crippen molar-refractivity contribution in [2.45, 2.75) is 38.6 Å². The molecule has 2 amide bonds. The van der Waals surface area contributed by atoms with Crippen LogP contribution in [0, 0.1) is 0 Å². The molecule has 4 nitrogen and oxygen atoms in total. The van der Waals surface area contributed by atoms with E-state index in [1.54, 1.807) is 11.8 Å². The molecule has 0 unspecified atom stereocenters. The van der Waals surface area contributed by atoms with Gasteiger partial charge in [-0.3, -0.25) is 14.5 Å². The Balaban J connectivity index is 1.67. The molecule has 1 aliphatic rings. The Morgan fingerprint density at radius 3 is 2.60 bits per heavy atom. The fraction of sp³-hybridized carbons (Fsp3) is 0.333. The average molecular weight is 336 g/mol. The minimum atomic E-state index is -0.512. The van der Waals surface area contributed by atoms with Crippen molar-refractivity contribution in [1.29, 1.82) is 0 Å². The lowest BCUT2D eigenvalue weighted by Crippen LogP contribution is -2.48. The molecule has 0 aliphatic carbocycles. The van der Waals surface area contributed by atoms with E-state index in [1.165, 1.54) is 5.56 Å². The number of aryl methyl sites for hydroxylation is 1. The highest BCUT2D eigenvalue weighted by Gasteiger charge is 2.30. The molecule has 0 radical (unpaired) electrons. The summed E-state index contributed by atoms with van der Waals surface area (Å²) in [6.45, 7) is 2.37. The largest absolute Gasteiger partial charge is 0.354 e. The molecule has 25 heavy (non-hydrogen) atoms. The maximum atomic E-state index is 12.6. The second-order valence-electron chi connectivity index (χ2n) is 6.45. The van der Waals surface area contributed by atoms with Crippen LogP contribution in [0.25, 0.3) is 0 Å². The van der Waals surface area contributed by atoms with Crippen LogP contribution in [0.2, 0.25) is 0 Å². The molecule has 130 valence electrons. The van der Waals surface area contributed by atoms with Crippen molar-refractivity contribution in [3.05, 3.63) is 65.7 Å². The number of carbonyl (C=O) groups is 2. The maximum absolute atomic E-state index is 12.6. The molecule has 0 spiro atoms. The number of benzene rings is 2. The van der Waals surface area contributed by atoms with Crippen molar-refractivity contribution in [3.8, 4) is 0 Å². The average Bonchev–Trinajstić information content (AvgIpc) is 2.80. The SMILES string of the molecule is C[C@@H](C(=O)NCCc1ccccc1)N1C(=O)CCCc2ccccc21. The molecule has 0 bridgehead atoms. The zero-order valence-electron chi connectivity index (χ0n) is 14.6. The quantitative estimate of drug-likeness (QED) is 0.912. The lowest BCUT2D eigenvalue weighted by atomic mass is 10.1. The van der Waals surface area contributed by atoms with Crippen molar-refractivity contribution >= 4 is 17.5 Å². The van der Waals surface area contributed by atoms with E-state index in [1.807, 2.05) is 54.6 Å². The number of nitrogens with one attached hydrogen (secondary N) is 1. The summed E-state index contributed by atoms with van der Waals surface area (Å²) in [6, 6.07) is 17.4. The Bertz CT molecular complexity index is 743. The molecule has 0 fully saturated rings. The van der Waals surface area contributed by atoms with Gasteiger partial charge in [0, 0.05) is 18.7 Å². The van der Waals surface area contributed by atoms with Gasteiger partial charge in [0.05, 0.1) is 0 Å². The molecule has 1 aliphatic heterocycles. The second kappa shape index (κ2) is 7.97. The molecule has 2 aromatic rings. The lowest BCUT2D eigenvalue weighted by molar-refractivity contribution is -0.126. The number of hydrogen-bond donors (Lipinski definition) is 1. The Labute approximate surface area is 148 Å². The highest BCUT2D eigenvalue weighted by atomic mass is 16.2. The van der Waals surface area contributed by atoms with Crippen molar-refractivity contribution in [1.82, 2.24) is 5.32 Å². The zero-order chi connectivity index (χ0) is 17.6. The molecule has 4 heteroatoms. The fourth-order valence-electron chi connectivity index (χ4n) is 3.31. The third-order valence-electron chi connectivity index (χ3n) is 4.68. The van der Waals surface area contributed by atoms with Gasteiger partial charge in [0.1, 0.15) is 6.04 Å². The van der Waals surface area contributed by atoms with Crippen LogP contribution in [0.1, 0.15) is 30.9 Å². The van der Waals surface area contributed by atoms with Gasteiger partial charge in [-0.1, -0.05) is 48.5 Å². The Morgan fingerprint density at radius 2 is 1.80 bits per heavy atom. The predicted octanol–water partition coefficient (Wildman–Crippen LogP) is 3.10. The summed E-state index contributed by atoms with van der Waals surface area (Å²) in [5, 5.41) is 2.97. The Kier molecular flexibility index (Phi) is 5.49. The van der Waals surface area contributed by atoms with Gasteiger partial charge in [-0.05, 0) is 43.4 Å². The first-order chi connectivity index (χ1) is 12.2. The number of carbonyl (C=O) groups excluding carboxylic acids is 2. The third-order valence-corrected chi connectivity index (χ3v) is 4.68. The van der Waals surface area contributed by atoms with Crippen LogP contribution in [0.15, 0.2) is 54.6 Å². The van der Waals surface area contributed by atoms with Crippen LogP contribution in [0.3, 0.4) is 0 Å². The summed E-state index contributed by atoms with van der Waals surface area (Å²) in [4.78, 5) is 26.8. The molecule has 0 saturated heterocycles. The lowest BCUT2D eigenvalue weighted by Gasteiger charge is -2.28. The minimum absolute atomic E-state index is 0.0238. The number of amides is 2.